The van der Waals surface area contributed by atoms with Crippen LogP contribution in [0.4, 0.5) is 5.95 Å². The van der Waals surface area contributed by atoms with Crippen LogP contribution in [0.2, 0.25) is 22.2 Å². The molecular weight excluding hydrogens is 611 g/mol. The second kappa shape index (κ2) is 10.1. The van der Waals surface area contributed by atoms with Crippen LogP contribution in [-0.2, 0) is 17.7 Å². The van der Waals surface area contributed by atoms with E-state index >= 15 is 0 Å². The predicted molar refractivity (Wildman–Crippen MR) is 151 cm³/mol. The molecule has 4 N–H and O–H groups in total. The number of H-pyrrole nitrogens is 1. The minimum absolute atomic E-state index is 0.00502. The van der Waals surface area contributed by atoms with Gasteiger partial charge in [0.05, 0.1) is 12.0 Å². The molecule has 0 aromatic carbocycles. The van der Waals surface area contributed by atoms with Crippen molar-refractivity contribution in [2.45, 2.75) is 102 Å². The van der Waals surface area contributed by atoms with Crippen molar-refractivity contribution in [1.82, 2.24) is 14.5 Å². The van der Waals surface area contributed by atoms with Crippen molar-refractivity contribution in [1.29, 1.82) is 0 Å². The molecule has 1 unspecified atom stereocenters. The van der Waals surface area contributed by atoms with Crippen LogP contribution in [-0.4, -0.2) is 61.7 Å². The number of nitrogens with two attached hydrogens (primary N) is 1. The van der Waals surface area contributed by atoms with Crippen LogP contribution in [0.1, 0.15) is 61.6 Å². The largest absolute Gasteiger partial charge is 0.414 e. The van der Waals surface area contributed by atoms with Gasteiger partial charge in [-0.25, -0.2) is 0 Å². The van der Waals surface area contributed by atoms with Crippen molar-refractivity contribution >= 4 is 56.7 Å². The Morgan fingerprint density at radius 2 is 1.69 bits per heavy atom. The zero-order valence-electron chi connectivity index (χ0n) is 22.2. The summed E-state index contributed by atoms with van der Waals surface area (Å²) in [5.74, 6) is 0.00502. The summed E-state index contributed by atoms with van der Waals surface area (Å²) in [6.45, 7) is 17.5. The maximum Gasteiger partial charge on any atom is 0.335 e. The summed E-state index contributed by atoms with van der Waals surface area (Å²) in [5.41, 5.74) is 6.55. The van der Waals surface area contributed by atoms with E-state index in [-0.39, 0.29) is 40.3 Å². The van der Waals surface area contributed by atoms with Gasteiger partial charge in [-0.1, -0.05) is 55.4 Å². The third-order valence-electron chi connectivity index (χ3n) is 7.57. The summed E-state index contributed by atoms with van der Waals surface area (Å²) in [4.78, 5) is 19.5. The first-order chi connectivity index (χ1) is 16.7. The number of rotatable bonds is 5. The highest BCUT2D eigenvalue weighted by Crippen LogP contribution is 2.48. The van der Waals surface area contributed by atoms with Crippen molar-refractivity contribution < 1.29 is 22.8 Å². The zero-order valence-corrected chi connectivity index (χ0v) is 26.4. The van der Waals surface area contributed by atoms with E-state index in [1.165, 1.54) is 0 Å². The van der Waals surface area contributed by atoms with Crippen LogP contribution in [0.25, 0.3) is 11.0 Å². The molecule has 13 heteroatoms. The number of nitrogens with zero attached hydrogens (tertiary/aromatic N) is 2. The van der Waals surface area contributed by atoms with E-state index in [4.69, 9.17) is 23.4 Å². The van der Waals surface area contributed by atoms with Crippen LogP contribution in [0.3, 0.4) is 0 Å². The summed E-state index contributed by atoms with van der Waals surface area (Å²) in [6.07, 6.45) is -1.23. The summed E-state index contributed by atoms with van der Waals surface area (Å²) < 4.78 is 29.8. The molecule has 4 heterocycles. The van der Waals surface area contributed by atoms with E-state index < -0.39 is 41.7 Å². The second-order valence-corrected chi connectivity index (χ2v) is 21.2. The summed E-state index contributed by atoms with van der Waals surface area (Å²) in [5, 5.41) is 12.0. The predicted octanol–water partition coefficient (Wildman–Crippen LogP) is 4.13. The van der Waals surface area contributed by atoms with Gasteiger partial charge in [0.1, 0.15) is 18.3 Å². The highest BCUT2D eigenvalue weighted by Gasteiger charge is 2.61. The molecule has 0 saturated carbocycles. The first-order valence-corrected chi connectivity index (χ1v) is 17.7. The van der Waals surface area contributed by atoms with Crippen molar-refractivity contribution in [3.63, 3.8) is 0 Å². The minimum atomic E-state index is -2.91. The van der Waals surface area contributed by atoms with Gasteiger partial charge in [0.15, 0.2) is 11.9 Å². The molecule has 0 spiro atoms. The fourth-order valence-electron chi connectivity index (χ4n) is 5.69. The first-order valence-electron chi connectivity index (χ1n) is 12.7. The van der Waals surface area contributed by atoms with Gasteiger partial charge < -0.3 is 33.1 Å². The van der Waals surface area contributed by atoms with Crippen LogP contribution in [0.5, 0.6) is 0 Å². The number of halogens is 1. The van der Waals surface area contributed by atoms with Crippen molar-refractivity contribution in [3.8, 4) is 0 Å². The molecule has 0 bridgehead atoms. The average Bonchev–Trinajstić information content (AvgIpc) is 3.23. The quantitative estimate of drug-likeness (QED) is 0.325. The lowest BCUT2D eigenvalue weighted by atomic mass is 10.1. The molecule has 2 aromatic rings. The lowest BCUT2D eigenvalue weighted by molar-refractivity contribution is -0.0568. The third kappa shape index (κ3) is 4.42. The highest BCUT2D eigenvalue weighted by atomic mass is 127. The number of hydrogen-bond donors (Lipinski definition) is 3. The lowest BCUT2D eigenvalue weighted by Gasteiger charge is -2.51. The number of nitrogens with one attached hydrogen (secondary N) is 1. The molecule has 0 radical (unpaired) electrons. The van der Waals surface area contributed by atoms with Gasteiger partial charge in [0, 0.05) is 9.77 Å². The fourth-order valence-corrected chi connectivity index (χ4v) is 17.7. The molecule has 36 heavy (non-hydrogen) atoms. The first kappa shape index (κ1) is 28.2. The molecule has 202 valence electrons. The van der Waals surface area contributed by atoms with Gasteiger partial charge in [-0.05, 0) is 44.8 Å². The monoisotopic (exact) mass is 650 g/mol. The normalized spacial score (nSPS) is 28.3. The Balaban J connectivity index is 1.81. The van der Waals surface area contributed by atoms with Crippen LogP contribution in [0.15, 0.2) is 11.0 Å². The van der Waals surface area contributed by atoms with Gasteiger partial charge in [0.25, 0.3) is 5.56 Å². The molecule has 0 aliphatic carbocycles. The molecule has 2 aromatic heterocycles. The van der Waals surface area contributed by atoms with Crippen LogP contribution < -0.4 is 11.3 Å². The fraction of sp³-hybridized carbons (Fsp3) is 0.739. The Bertz CT molecular complexity index is 1150. The second-order valence-electron chi connectivity index (χ2n) is 11.1. The van der Waals surface area contributed by atoms with Gasteiger partial charge >= 0.3 is 17.1 Å². The Labute approximate surface area is 227 Å². The minimum Gasteiger partial charge on any atom is -0.414 e. The van der Waals surface area contributed by atoms with E-state index in [9.17, 15) is 9.90 Å². The highest BCUT2D eigenvalue weighted by molar-refractivity contribution is 14.1. The van der Waals surface area contributed by atoms with E-state index in [1.54, 1.807) is 10.8 Å². The number of aliphatic hydroxyl groups is 1. The molecule has 4 atom stereocenters. The summed E-state index contributed by atoms with van der Waals surface area (Å²) in [7, 11) is -5.64. The number of ether oxygens (including phenoxy) is 1. The molecule has 10 nitrogen and oxygen atoms in total. The number of aromatic amines is 1. The topological polar surface area (TPSA) is 134 Å². The maximum atomic E-state index is 12.6. The molecular formula is C23H39IN4O6Si2. The van der Waals surface area contributed by atoms with Crippen molar-refractivity contribution in [2.24, 2.45) is 0 Å². The molecule has 2 aliphatic rings. The molecule has 2 fully saturated rings. The SMILES string of the molecule is CC(C)[Si]1(C(C)C)OC[C@H]2O[C@@H](n3cc(I)c4c(=O)[nH]c(N)nc43)C(O)[C@H]2O[Si](C(C)C)(C(C)C)O1. The number of fused-ring (bicyclic) bond motifs is 2. The van der Waals surface area contributed by atoms with Crippen molar-refractivity contribution in [3.05, 3.63) is 20.1 Å². The zero-order chi connectivity index (χ0) is 26.7. The van der Waals surface area contributed by atoms with Gasteiger partial charge in [-0.2, -0.15) is 4.98 Å². The lowest BCUT2D eigenvalue weighted by Crippen LogP contribution is -2.65. The third-order valence-corrected chi connectivity index (χ3v) is 18.6. The van der Waals surface area contributed by atoms with E-state index in [2.05, 4.69) is 87.9 Å². The maximum absolute atomic E-state index is 12.6. The molecule has 2 aliphatic heterocycles. The number of nitrogen functional groups attached to an aromatic ring is 1. The van der Waals surface area contributed by atoms with E-state index in [1.807, 2.05) is 0 Å². The summed E-state index contributed by atoms with van der Waals surface area (Å²) >= 11 is 2.08. The number of hydrogen-bond acceptors (Lipinski definition) is 8. The van der Waals surface area contributed by atoms with E-state index in [0.717, 1.165) is 0 Å². The summed E-state index contributed by atoms with van der Waals surface area (Å²) in [6, 6.07) is 0. The average molecular weight is 651 g/mol. The van der Waals surface area contributed by atoms with E-state index in [0.29, 0.717) is 14.6 Å². The number of anilines is 1. The Hall–Kier alpha value is -0.816. The molecule has 0 amide bonds. The number of aromatic nitrogens is 3. The Morgan fingerprint density at radius 1 is 1.11 bits per heavy atom. The van der Waals surface area contributed by atoms with Crippen LogP contribution >= 0.6 is 22.6 Å². The Kier molecular flexibility index (Phi) is 7.88. The van der Waals surface area contributed by atoms with Gasteiger partial charge in [-0.3, -0.25) is 9.78 Å². The van der Waals surface area contributed by atoms with Crippen molar-refractivity contribution in [2.75, 3.05) is 12.3 Å². The van der Waals surface area contributed by atoms with Crippen LogP contribution in [0, 0.1) is 3.57 Å². The molecule has 2 saturated heterocycles. The van der Waals surface area contributed by atoms with Gasteiger partial charge in [-0.15, -0.1) is 0 Å². The smallest absolute Gasteiger partial charge is 0.335 e. The standard InChI is InChI=1S/C23H39IN4O6Si2/c1-11(2)35(12(3)4)31-10-16-19(33-36(34-35,13(5)6)14(7)8)18(29)22(32-16)28-9-15(24)17-20(28)26-23(25)27-21(17)30/h9,11-14,16,18-19,22,29H,10H2,1-8H3,(H3,25,26,27,30)/t16-,18?,19+,22-/m1/s1. The number of aliphatic hydroxyl groups excluding tert-OH is 1. The Morgan fingerprint density at radius 3 is 2.25 bits per heavy atom. The molecule has 4 rings (SSSR count). The van der Waals surface area contributed by atoms with Gasteiger partial charge in [0.2, 0.25) is 5.95 Å².